The van der Waals surface area contributed by atoms with Crippen molar-refractivity contribution < 1.29 is 9.90 Å². The maximum atomic E-state index is 10.2. The first-order chi connectivity index (χ1) is 9.51. The van der Waals surface area contributed by atoms with E-state index in [0.29, 0.717) is 5.02 Å². The molecule has 0 radical (unpaired) electrons. The van der Waals surface area contributed by atoms with Crippen LogP contribution in [0.5, 0.6) is 0 Å². The molecule has 0 unspecified atom stereocenters. The summed E-state index contributed by atoms with van der Waals surface area (Å²) in [6, 6.07) is 14.4. The van der Waals surface area contributed by atoms with Crippen molar-refractivity contribution in [3.8, 4) is 0 Å². The highest BCUT2D eigenvalue weighted by atomic mass is 35.5. The quantitative estimate of drug-likeness (QED) is 0.871. The predicted molar refractivity (Wildman–Crippen MR) is 84.3 cm³/mol. The maximum absolute atomic E-state index is 10.2. The Balaban J connectivity index is 0.000000204. The molecular weight excluding hydrogens is 295 g/mol. The van der Waals surface area contributed by atoms with Crippen molar-refractivity contribution in [2.75, 3.05) is 0 Å². The zero-order chi connectivity index (χ0) is 15.0. The molecule has 0 aromatic heterocycles. The van der Waals surface area contributed by atoms with Crippen LogP contribution in [0.1, 0.15) is 11.1 Å². The van der Waals surface area contributed by atoms with Gasteiger partial charge in [0.05, 0.1) is 6.42 Å². The van der Waals surface area contributed by atoms with E-state index in [1.165, 1.54) is 0 Å². The Hall–Kier alpha value is -1.77. The van der Waals surface area contributed by atoms with Crippen molar-refractivity contribution in [3.63, 3.8) is 0 Å². The van der Waals surface area contributed by atoms with Gasteiger partial charge in [0.25, 0.3) is 0 Å². The molecule has 0 saturated heterocycles. The second-order valence-corrected chi connectivity index (χ2v) is 4.83. The highest BCUT2D eigenvalue weighted by molar-refractivity contribution is 6.30. The molecule has 1 N–H and O–H groups in total. The number of carbonyl (C=O) groups is 1. The molecule has 2 rings (SSSR count). The third-order valence-electron chi connectivity index (χ3n) is 2.33. The van der Waals surface area contributed by atoms with Crippen LogP contribution in [0.2, 0.25) is 10.0 Å². The summed E-state index contributed by atoms with van der Waals surface area (Å²) in [5.41, 5.74) is 1.78. The van der Waals surface area contributed by atoms with E-state index in [1.54, 1.807) is 30.3 Å². The van der Waals surface area contributed by atoms with Gasteiger partial charge in [-0.2, -0.15) is 0 Å². The number of aliphatic carboxylic acids is 1. The van der Waals surface area contributed by atoms with Gasteiger partial charge in [0.1, 0.15) is 0 Å². The van der Waals surface area contributed by atoms with Crippen LogP contribution in [0.3, 0.4) is 0 Å². The normalized spacial score (nSPS) is 9.30. The van der Waals surface area contributed by atoms with E-state index in [4.69, 9.17) is 28.3 Å². The largest absolute Gasteiger partial charge is 0.481 e. The van der Waals surface area contributed by atoms with Crippen molar-refractivity contribution in [1.82, 2.24) is 0 Å². The Bertz CT molecular complexity index is 595. The minimum absolute atomic E-state index is 0.0283. The molecule has 2 aromatic carbocycles. The lowest BCUT2D eigenvalue weighted by atomic mass is 10.2. The fourth-order valence-corrected chi connectivity index (χ4v) is 1.87. The second-order valence-electron chi connectivity index (χ2n) is 3.96. The third kappa shape index (κ3) is 6.41. The van der Waals surface area contributed by atoms with Crippen molar-refractivity contribution in [1.29, 1.82) is 0 Å². The van der Waals surface area contributed by atoms with Crippen LogP contribution in [0, 0.1) is 0 Å². The summed E-state index contributed by atoms with van der Waals surface area (Å²) >= 11 is 11.3. The summed E-state index contributed by atoms with van der Waals surface area (Å²) < 4.78 is 0. The van der Waals surface area contributed by atoms with Crippen LogP contribution in [0.25, 0.3) is 6.08 Å². The van der Waals surface area contributed by atoms with Crippen molar-refractivity contribution in [3.05, 3.63) is 76.3 Å². The first-order valence-corrected chi connectivity index (χ1v) is 6.61. The molecule has 0 amide bonds. The van der Waals surface area contributed by atoms with E-state index in [2.05, 4.69) is 6.58 Å². The molecule has 0 atom stereocenters. The number of halogens is 2. The van der Waals surface area contributed by atoms with Crippen LogP contribution in [0.15, 0.2) is 55.1 Å². The van der Waals surface area contributed by atoms with Gasteiger partial charge in [-0.1, -0.05) is 60.1 Å². The van der Waals surface area contributed by atoms with Crippen molar-refractivity contribution >= 4 is 35.2 Å². The molecule has 0 aliphatic heterocycles. The van der Waals surface area contributed by atoms with Gasteiger partial charge in [-0.25, -0.2) is 0 Å². The minimum atomic E-state index is -0.840. The molecule has 2 aromatic rings. The van der Waals surface area contributed by atoms with Crippen LogP contribution < -0.4 is 0 Å². The molecule has 0 saturated carbocycles. The van der Waals surface area contributed by atoms with E-state index in [1.807, 2.05) is 24.3 Å². The molecule has 0 fully saturated rings. The summed E-state index contributed by atoms with van der Waals surface area (Å²) in [5, 5.41) is 9.74. The minimum Gasteiger partial charge on any atom is -0.481 e. The number of hydrogen-bond acceptors (Lipinski definition) is 1. The average molecular weight is 309 g/mol. The van der Waals surface area contributed by atoms with Crippen molar-refractivity contribution in [2.24, 2.45) is 0 Å². The monoisotopic (exact) mass is 308 g/mol. The van der Waals surface area contributed by atoms with Crippen LogP contribution in [-0.2, 0) is 11.2 Å². The van der Waals surface area contributed by atoms with E-state index >= 15 is 0 Å². The number of carboxylic acids is 1. The Labute approximate surface area is 128 Å². The first-order valence-electron chi connectivity index (χ1n) is 5.85. The van der Waals surface area contributed by atoms with E-state index in [-0.39, 0.29) is 6.42 Å². The Morgan fingerprint density at radius 2 is 1.70 bits per heavy atom. The lowest BCUT2D eigenvalue weighted by Crippen LogP contribution is -1.99. The van der Waals surface area contributed by atoms with Crippen LogP contribution in [0.4, 0.5) is 0 Å². The standard InChI is InChI=1S/C8H7ClO2.C8H7Cl/c9-7-3-1-2-6(4-7)5-8(10)11;1-2-7-4-3-5-8(9)6-7/h1-4H,5H2,(H,10,11);2-6H,1H2. The van der Waals surface area contributed by atoms with Gasteiger partial charge < -0.3 is 5.11 Å². The number of hydrogen-bond donors (Lipinski definition) is 1. The number of benzene rings is 2. The third-order valence-corrected chi connectivity index (χ3v) is 2.80. The topological polar surface area (TPSA) is 37.3 Å². The summed E-state index contributed by atoms with van der Waals surface area (Å²) in [5.74, 6) is -0.840. The molecular formula is C16H14Cl2O2. The molecule has 0 spiro atoms. The van der Waals surface area contributed by atoms with Gasteiger partial charge in [0.2, 0.25) is 0 Å². The highest BCUT2D eigenvalue weighted by Crippen LogP contribution is 2.11. The van der Waals surface area contributed by atoms with Crippen molar-refractivity contribution in [2.45, 2.75) is 6.42 Å². The molecule has 0 bridgehead atoms. The highest BCUT2D eigenvalue weighted by Gasteiger charge is 1.99. The zero-order valence-corrected chi connectivity index (χ0v) is 12.2. The van der Waals surface area contributed by atoms with Crippen LogP contribution >= 0.6 is 23.2 Å². The smallest absolute Gasteiger partial charge is 0.307 e. The van der Waals surface area contributed by atoms with Gasteiger partial charge in [-0.15, -0.1) is 0 Å². The molecule has 2 nitrogen and oxygen atoms in total. The summed E-state index contributed by atoms with van der Waals surface area (Å²) in [4.78, 5) is 10.2. The van der Waals surface area contributed by atoms with E-state index in [9.17, 15) is 4.79 Å². The van der Waals surface area contributed by atoms with Gasteiger partial charge in [0, 0.05) is 10.0 Å². The van der Waals surface area contributed by atoms with Crippen LogP contribution in [-0.4, -0.2) is 11.1 Å². The summed E-state index contributed by atoms with van der Waals surface area (Å²) in [6.07, 6.45) is 1.80. The maximum Gasteiger partial charge on any atom is 0.307 e. The fraction of sp³-hybridized carbons (Fsp3) is 0.0625. The molecule has 104 valence electrons. The van der Waals surface area contributed by atoms with E-state index in [0.717, 1.165) is 16.1 Å². The zero-order valence-electron chi connectivity index (χ0n) is 10.7. The SMILES string of the molecule is C=Cc1cccc(Cl)c1.O=C(O)Cc1cccc(Cl)c1. The average Bonchev–Trinajstić information content (AvgIpc) is 2.38. The van der Waals surface area contributed by atoms with E-state index < -0.39 is 5.97 Å². The molecule has 4 heteroatoms. The lowest BCUT2D eigenvalue weighted by Gasteiger charge is -1.95. The van der Waals surface area contributed by atoms with Gasteiger partial charge >= 0.3 is 5.97 Å². The predicted octanol–water partition coefficient (Wildman–Crippen LogP) is 4.95. The van der Waals surface area contributed by atoms with Gasteiger partial charge in [-0.05, 0) is 35.4 Å². The molecule has 0 aliphatic carbocycles. The first kappa shape index (κ1) is 16.3. The fourth-order valence-electron chi connectivity index (χ4n) is 1.46. The number of rotatable bonds is 3. The summed E-state index contributed by atoms with van der Waals surface area (Å²) in [7, 11) is 0. The van der Waals surface area contributed by atoms with Gasteiger partial charge in [0.15, 0.2) is 0 Å². The van der Waals surface area contributed by atoms with Gasteiger partial charge in [-0.3, -0.25) is 4.79 Å². The molecule has 0 heterocycles. The molecule has 20 heavy (non-hydrogen) atoms. The molecule has 0 aliphatic rings. The Morgan fingerprint density at radius 3 is 2.15 bits per heavy atom. The Morgan fingerprint density at radius 1 is 1.10 bits per heavy atom. The lowest BCUT2D eigenvalue weighted by molar-refractivity contribution is -0.136. The Kier molecular flexibility index (Phi) is 6.85. The second kappa shape index (κ2) is 8.41. The number of carboxylic acid groups (broad SMARTS) is 1. The summed E-state index contributed by atoms with van der Waals surface area (Å²) in [6.45, 7) is 3.61.